The summed E-state index contributed by atoms with van der Waals surface area (Å²) in [6.45, 7) is 9.90. The van der Waals surface area contributed by atoms with Gasteiger partial charge < -0.3 is 4.74 Å². The van der Waals surface area contributed by atoms with Gasteiger partial charge in [0, 0.05) is 0 Å². The Bertz CT molecular complexity index is 184. The van der Waals surface area contributed by atoms with Crippen LogP contribution in [0.5, 0.6) is 0 Å². The van der Waals surface area contributed by atoms with Crippen LogP contribution in [0.1, 0.15) is 79.1 Å². The molecule has 1 nitrogen and oxygen atoms in total. The maximum Gasteiger partial charge on any atom is 0.0901 e. The Hall–Kier alpha value is -0.460. The lowest BCUT2D eigenvalue weighted by Crippen LogP contribution is -2.06. The molecule has 0 saturated heterocycles. The summed E-state index contributed by atoms with van der Waals surface area (Å²) < 4.78 is 5.77. The monoisotopic (exact) mass is 240 g/mol. The third kappa shape index (κ3) is 9.26. The smallest absolute Gasteiger partial charge is 0.0901 e. The lowest BCUT2D eigenvalue weighted by Gasteiger charge is -2.14. The van der Waals surface area contributed by atoms with E-state index in [2.05, 4.69) is 27.7 Å². The largest absolute Gasteiger partial charge is 0.501 e. The Morgan fingerprint density at radius 3 is 2.29 bits per heavy atom. The van der Waals surface area contributed by atoms with Crippen LogP contribution in [0.25, 0.3) is 0 Å². The second-order valence-electron chi connectivity index (χ2n) is 4.98. The van der Waals surface area contributed by atoms with Crippen LogP contribution in [-0.2, 0) is 4.74 Å². The first-order valence-electron chi connectivity index (χ1n) is 7.57. The highest BCUT2D eigenvalue weighted by Crippen LogP contribution is 2.15. The third-order valence-corrected chi connectivity index (χ3v) is 3.43. The lowest BCUT2D eigenvalue weighted by atomic mass is 10.0. The zero-order chi connectivity index (χ0) is 12.9. The summed E-state index contributed by atoms with van der Waals surface area (Å²) in [5.74, 6) is 0.746. The fourth-order valence-electron chi connectivity index (χ4n) is 1.92. The van der Waals surface area contributed by atoms with Gasteiger partial charge >= 0.3 is 0 Å². The minimum atomic E-state index is 0.746. The van der Waals surface area contributed by atoms with Crippen molar-refractivity contribution in [1.29, 1.82) is 0 Å². The molecule has 0 aliphatic heterocycles. The quantitative estimate of drug-likeness (QED) is 0.421. The van der Waals surface area contributed by atoms with E-state index in [0.29, 0.717) is 0 Å². The molecule has 102 valence electrons. The topological polar surface area (TPSA) is 9.23 Å². The van der Waals surface area contributed by atoms with Crippen LogP contribution < -0.4 is 0 Å². The van der Waals surface area contributed by atoms with Gasteiger partial charge in [-0.05, 0) is 37.2 Å². The molecule has 0 unspecified atom stereocenters. The first-order chi connectivity index (χ1) is 8.28. The van der Waals surface area contributed by atoms with E-state index in [1.165, 1.54) is 50.5 Å². The van der Waals surface area contributed by atoms with Crippen molar-refractivity contribution in [1.82, 2.24) is 0 Å². The van der Waals surface area contributed by atoms with Gasteiger partial charge in [0.25, 0.3) is 0 Å². The molecular formula is C16H32O. The molecule has 0 amide bonds. The summed E-state index contributed by atoms with van der Waals surface area (Å²) >= 11 is 0. The number of unbranched alkanes of at least 4 members (excludes halogenated alkanes) is 2. The van der Waals surface area contributed by atoms with Crippen molar-refractivity contribution in [3.63, 3.8) is 0 Å². The van der Waals surface area contributed by atoms with Gasteiger partial charge in [0.05, 0.1) is 12.9 Å². The molecule has 0 bridgehead atoms. The molecule has 0 saturated carbocycles. The molecular weight excluding hydrogens is 208 g/mol. The van der Waals surface area contributed by atoms with Gasteiger partial charge in [0.2, 0.25) is 0 Å². The number of rotatable bonds is 11. The summed E-state index contributed by atoms with van der Waals surface area (Å²) in [6.07, 6.45) is 12.1. The maximum atomic E-state index is 5.77. The second kappa shape index (κ2) is 12.0. The van der Waals surface area contributed by atoms with Crippen molar-refractivity contribution in [2.24, 2.45) is 5.92 Å². The third-order valence-electron chi connectivity index (χ3n) is 3.43. The van der Waals surface area contributed by atoms with Crippen LogP contribution in [0.3, 0.4) is 0 Å². The molecule has 0 aromatic heterocycles. The second-order valence-corrected chi connectivity index (χ2v) is 4.98. The summed E-state index contributed by atoms with van der Waals surface area (Å²) in [7, 11) is 0. The Labute approximate surface area is 109 Å². The molecule has 0 heterocycles. The molecule has 0 radical (unpaired) electrons. The molecule has 0 aromatic carbocycles. The first-order valence-corrected chi connectivity index (χ1v) is 7.57. The Morgan fingerprint density at radius 1 is 1.06 bits per heavy atom. The predicted molar refractivity (Wildman–Crippen MR) is 77.2 cm³/mol. The molecule has 0 rings (SSSR count). The van der Waals surface area contributed by atoms with E-state index in [-0.39, 0.29) is 0 Å². The van der Waals surface area contributed by atoms with Crippen molar-refractivity contribution in [3.05, 3.63) is 11.8 Å². The molecule has 0 fully saturated rings. The van der Waals surface area contributed by atoms with Gasteiger partial charge in [-0.1, -0.05) is 53.4 Å². The minimum Gasteiger partial charge on any atom is -0.501 e. The summed E-state index contributed by atoms with van der Waals surface area (Å²) in [6, 6.07) is 0. The zero-order valence-electron chi connectivity index (χ0n) is 12.4. The van der Waals surface area contributed by atoms with Crippen molar-refractivity contribution in [2.45, 2.75) is 79.1 Å². The van der Waals surface area contributed by atoms with E-state index in [4.69, 9.17) is 4.74 Å². The van der Waals surface area contributed by atoms with Gasteiger partial charge in [-0.3, -0.25) is 0 Å². The average Bonchev–Trinajstić information content (AvgIpc) is 2.37. The summed E-state index contributed by atoms with van der Waals surface area (Å²) in [5, 5.41) is 0. The normalized spacial score (nSPS) is 13.8. The van der Waals surface area contributed by atoms with Crippen molar-refractivity contribution < 1.29 is 4.74 Å². The highest BCUT2D eigenvalue weighted by molar-refractivity contribution is 4.96. The van der Waals surface area contributed by atoms with E-state index < -0.39 is 0 Å². The molecule has 0 N–H and O–H groups in total. The number of hydrogen-bond acceptors (Lipinski definition) is 1. The van der Waals surface area contributed by atoms with Crippen LogP contribution in [0.2, 0.25) is 0 Å². The van der Waals surface area contributed by atoms with Gasteiger partial charge in [-0.2, -0.15) is 0 Å². The highest BCUT2D eigenvalue weighted by Gasteiger charge is 2.05. The van der Waals surface area contributed by atoms with E-state index in [9.17, 15) is 0 Å². The minimum absolute atomic E-state index is 0.746. The van der Waals surface area contributed by atoms with Crippen LogP contribution in [0, 0.1) is 5.92 Å². The Kier molecular flexibility index (Phi) is 11.7. The van der Waals surface area contributed by atoms with Crippen LogP contribution in [0.4, 0.5) is 0 Å². The van der Waals surface area contributed by atoms with Crippen molar-refractivity contribution in [2.75, 3.05) is 6.61 Å². The molecule has 1 atom stereocenters. The summed E-state index contributed by atoms with van der Waals surface area (Å²) in [4.78, 5) is 0. The Morgan fingerprint density at radius 2 is 1.76 bits per heavy atom. The van der Waals surface area contributed by atoms with Gasteiger partial charge in [-0.15, -0.1) is 0 Å². The van der Waals surface area contributed by atoms with Crippen LogP contribution in [0.15, 0.2) is 11.8 Å². The predicted octanol–water partition coefficient (Wildman–Crippen LogP) is 5.70. The maximum absolute atomic E-state index is 5.77. The van der Waals surface area contributed by atoms with Crippen LogP contribution >= 0.6 is 0 Å². The van der Waals surface area contributed by atoms with Gasteiger partial charge in [0.15, 0.2) is 0 Å². The molecule has 17 heavy (non-hydrogen) atoms. The van der Waals surface area contributed by atoms with E-state index in [1.54, 1.807) is 0 Å². The number of hydrogen-bond donors (Lipinski definition) is 0. The van der Waals surface area contributed by atoms with Crippen molar-refractivity contribution in [3.8, 4) is 0 Å². The van der Waals surface area contributed by atoms with E-state index in [0.717, 1.165) is 18.9 Å². The SMILES string of the molecule is CCCC/C(=C\OC[C@H](CC)CCCC)CC. The van der Waals surface area contributed by atoms with Gasteiger partial charge in [-0.25, -0.2) is 0 Å². The number of ether oxygens (including phenoxy) is 1. The van der Waals surface area contributed by atoms with Crippen molar-refractivity contribution >= 4 is 0 Å². The fourth-order valence-corrected chi connectivity index (χ4v) is 1.92. The van der Waals surface area contributed by atoms with E-state index >= 15 is 0 Å². The Balaban J connectivity index is 3.84. The van der Waals surface area contributed by atoms with Crippen LogP contribution in [-0.4, -0.2) is 6.61 Å². The average molecular weight is 240 g/mol. The first kappa shape index (κ1) is 16.5. The summed E-state index contributed by atoms with van der Waals surface area (Å²) in [5.41, 5.74) is 1.47. The molecule has 0 aliphatic carbocycles. The molecule has 0 aromatic rings. The highest BCUT2D eigenvalue weighted by atomic mass is 16.5. The standard InChI is InChI=1S/C16H32O/c1-5-9-11-15(7-3)13-17-14-16(8-4)12-10-6-2/h13,16H,5-12,14H2,1-4H3/b15-13-/t16-/m1/s1. The number of allylic oxidation sites excluding steroid dienone is 1. The fraction of sp³-hybridized carbons (Fsp3) is 0.875. The van der Waals surface area contributed by atoms with E-state index in [1.807, 2.05) is 6.26 Å². The molecule has 0 aliphatic rings. The molecule has 1 heteroatoms. The zero-order valence-corrected chi connectivity index (χ0v) is 12.4. The lowest BCUT2D eigenvalue weighted by molar-refractivity contribution is 0.180. The molecule has 0 spiro atoms. The van der Waals surface area contributed by atoms with Gasteiger partial charge in [0.1, 0.15) is 0 Å².